The Morgan fingerprint density at radius 2 is 2.00 bits per heavy atom. The second-order valence-electron chi connectivity index (χ2n) is 4.68. The first-order valence-corrected chi connectivity index (χ1v) is 6.64. The fraction of sp³-hybridized carbons (Fsp3) is 0.0625. The van der Waals surface area contributed by atoms with Crippen molar-refractivity contribution in [3.63, 3.8) is 0 Å². The van der Waals surface area contributed by atoms with Gasteiger partial charge in [0.15, 0.2) is 17.3 Å². The molecular weight excluding hydrogens is 301 g/mol. The Morgan fingerprint density at radius 3 is 2.74 bits per heavy atom. The van der Waals surface area contributed by atoms with E-state index < -0.39 is 11.8 Å². The van der Waals surface area contributed by atoms with Crippen LogP contribution in [0.15, 0.2) is 42.7 Å². The van der Waals surface area contributed by atoms with Crippen LogP contribution in [0.1, 0.15) is 10.4 Å². The summed E-state index contributed by atoms with van der Waals surface area (Å²) in [5.41, 5.74) is 6.91. The molecule has 0 saturated heterocycles. The highest BCUT2D eigenvalue weighted by Crippen LogP contribution is 2.30. The molecule has 0 radical (unpaired) electrons. The van der Waals surface area contributed by atoms with Crippen LogP contribution in [0.25, 0.3) is 11.0 Å². The minimum absolute atomic E-state index is 0.0190. The van der Waals surface area contributed by atoms with Gasteiger partial charge in [-0.1, -0.05) is 0 Å². The fourth-order valence-electron chi connectivity index (χ4n) is 2.04. The minimum Gasteiger partial charge on any atom is -0.465 e. The van der Waals surface area contributed by atoms with Crippen molar-refractivity contribution in [2.45, 2.75) is 0 Å². The standard InChI is InChI=1S/C16H12FN3O3/c1-22-16(21)9-6-12-15(20-8-9)14(4-5-19-12)23-13-3-2-10(18)7-11(13)17/h2-8H,18H2,1H3. The largest absolute Gasteiger partial charge is 0.465 e. The molecule has 0 aliphatic heterocycles. The van der Waals surface area contributed by atoms with Crippen molar-refractivity contribution in [2.24, 2.45) is 0 Å². The van der Waals surface area contributed by atoms with Gasteiger partial charge in [0.1, 0.15) is 5.52 Å². The van der Waals surface area contributed by atoms with Crippen molar-refractivity contribution in [1.82, 2.24) is 9.97 Å². The molecule has 0 aliphatic carbocycles. The smallest absolute Gasteiger partial charge is 0.339 e. The molecule has 2 heterocycles. The maximum absolute atomic E-state index is 13.8. The monoisotopic (exact) mass is 313 g/mol. The minimum atomic E-state index is -0.582. The second-order valence-corrected chi connectivity index (χ2v) is 4.68. The van der Waals surface area contributed by atoms with Crippen molar-refractivity contribution < 1.29 is 18.7 Å². The average molecular weight is 313 g/mol. The van der Waals surface area contributed by atoms with E-state index in [0.717, 1.165) is 0 Å². The number of ether oxygens (including phenoxy) is 2. The number of hydrogen-bond acceptors (Lipinski definition) is 6. The number of nitrogens with zero attached hydrogens (tertiary/aromatic N) is 2. The molecule has 2 aromatic heterocycles. The zero-order valence-corrected chi connectivity index (χ0v) is 12.1. The van der Waals surface area contributed by atoms with E-state index in [1.54, 1.807) is 6.07 Å². The van der Waals surface area contributed by atoms with E-state index in [4.69, 9.17) is 10.5 Å². The number of hydrogen-bond donors (Lipinski definition) is 1. The summed E-state index contributed by atoms with van der Waals surface area (Å²) in [6.45, 7) is 0. The summed E-state index contributed by atoms with van der Waals surface area (Å²) in [6.07, 6.45) is 2.83. The van der Waals surface area contributed by atoms with E-state index in [-0.39, 0.29) is 11.3 Å². The molecule has 116 valence electrons. The third kappa shape index (κ3) is 2.89. The summed E-state index contributed by atoms with van der Waals surface area (Å²) < 4.78 is 24.0. The molecule has 6 nitrogen and oxygen atoms in total. The van der Waals surface area contributed by atoms with Crippen molar-refractivity contribution >= 4 is 22.7 Å². The lowest BCUT2D eigenvalue weighted by Crippen LogP contribution is -2.02. The SMILES string of the molecule is COC(=O)c1cnc2c(Oc3ccc(N)cc3F)ccnc2c1. The first kappa shape index (κ1) is 14.7. The highest BCUT2D eigenvalue weighted by Gasteiger charge is 2.12. The molecule has 0 amide bonds. The summed E-state index contributed by atoms with van der Waals surface area (Å²) in [6, 6.07) is 7.22. The number of pyridine rings is 2. The molecule has 2 N–H and O–H groups in total. The van der Waals surface area contributed by atoms with Crippen molar-refractivity contribution in [3.8, 4) is 11.5 Å². The molecule has 0 spiro atoms. The summed E-state index contributed by atoms with van der Waals surface area (Å²) in [4.78, 5) is 19.8. The molecule has 3 aromatic rings. The Labute approximate surface area is 130 Å². The highest BCUT2D eigenvalue weighted by molar-refractivity contribution is 5.93. The van der Waals surface area contributed by atoms with Crippen LogP contribution in [0.2, 0.25) is 0 Å². The number of nitrogen functional groups attached to an aromatic ring is 1. The number of halogens is 1. The lowest BCUT2D eigenvalue weighted by Gasteiger charge is -2.09. The predicted molar refractivity (Wildman–Crippen MR) is 81.8 cm³/mol. The summed E-state index contributed by atoms with van der Waals surface area (Å²) >= 11 is 0. The zero-order valence-electron chi connectivity index (χ0n) is 12.1. The van der Waals surface area contributed by atoms with E-state index in [0.29, 0.717) is 22.5 Å². The number of carbonyl (C=O) groups excluding carboxylic acids is 1. The van der Waals surface area contributed by atoms with Crippen molar-refractivity contribution in [3.05, 3.63) is 54.1 Å². The van der Waals surface area contributed by atoms with Gasteiger partial charge in [-0.25, -0.2) is 14.2 Å². The molecule has 0 aliphatic rings. The lowest BCUT2D eigenvalue weighted by atomic mass is 10.2. The highest BCUT2D eigenvalue weighted by atomic mass is 19.1. The van der Waals surface area contributed by atoms with Crippen LogP contribution in [0.3, 0.4) is 0 Å². The molecule has 0 unspecified atom stereocenters. The number of methoxy groups -OCH3 is 1. The van der Waals surface area contributed by atoms with Crippen LogP contribution in [0.4, 0.5) is 10.1 Å². The van der Waals surface area contributed by atoms with Gasteiger partial charge in [-0.05, 0) is 18.2 Å². The zero-order chi connectivity index (χ0) is 16.4. The van der Waals surface area contributed by atoms with Gasteiger partial charge < -0.3 is 15.2 Å². The number of rotatable bonds is 3. The number of esters is 1. The van der Waals surface area contributed by atoms with Crippen LogP contribution in [0.5, 0.6) is 11.5 Å². The van der Waals surface area contributed by atoms with E-state index in [9.17, 15) is 9.18 Å². The van der Waals surface area contributed by atoms with Gasteiger partial charge in [0.25, 0.3) is 0 Å². The Balaban J connectivity index is 2.02. The van der Waals surface area contributed by atoms with Crippen LogP contribution in [0, 0.1) is 5.82 Å². The van der Waals surface area contributed by atoms with Crippen LogP contribution >= 0.6 is 0 Å². The molecule has 7 heteroatoms. The molecule has 0 atom stereocenters. The Bertz CT molecular complexity index is 899. The fourth-order valence-corrected chi connectivity index (χ4v) is 2.04. The summed E-state index contributed by atoms with van der Waals surface area (Å²) in [5, 5.41) is 0. The van der Waals surface area contributed by atoms with Gasteiger partial charge in [-0.15, -0.1) is 0 Å². The molecule has 0 saturated carbocycles. The van der Waals surface area contributed by atoms with Gasteiger partial charge in [0, 0.05) is 30.2 Å². The number of benzene rings is 1. The molecule has 0 fully saturated rings. The van der Waals surface area contributed by atoms with Crippen molar-refractivity contribution in [1.29, 1.82) is 0 Å². The number of aromatic nitrogens is 2. The second kappa shape index (κ2) is 5.88. The Kier molecular flexibility index (Phi) is 3.76. The average Bonchev–Trinajstić information content (AvgIpc) is 2.56. The molecule has 3 rings (SSSR count). The lowest BCUT2D eigenvalue weighted by molar-refractivity contribution is 0.0600. The van der Waals surface area contributed by atoms with E-state index in [1.807, 2.05) is 0 Å². The first-order valence-electron chi connectivity index (χ1n) is 6.64. The molecule has 23 heavy (non-hydrogen) atoms. The van der Waals surface area contributed by atoms with Crippen LogP contribution in [-0.2, 0) is 4.74 Å². The topological polar surface area (TPSA) is 87.3 Å². The Hall–Kier alpha value is -3.22. The number of nitrogens with two attached hydrogens (primary N) is 1. The van der Waals surface area contributed by atoms with Crippen molar-refractivity contribution in [2.75, 3.05) is 12.8 Å². The number of anilines is 1. The summed E-state index contributed by atoms with van der Waals surface area (Å²) in [5.74, 6) is -0.765. The van der Waals surface area contributed by atoms with Crippen LogP contribution in [-0.4, -0.2) is 23.0 Å². The number of fused-ring (bicyclic) bond motifs is 1. The van der Waals surface area contributed by atoms with Gasteiger partial charge >= 0.3 is 5.97 Å². The van der Waals surface area contributed by atoms with Gasteiger partial charge in [-0.2, -0.15) is 0 Å². The third-order valence-corrected chi connectivity index (χ3v) is 3.14. The van der Waals surface area contributed by atoms with Gasteiger partial charge in [0.2, 0.25) is 0 Å². The third-order valence-electron chi connectivity index (χ3n) is 3.14. The van der Waals surface area contributed by atoms with E-state index >= 15 is 0 Å². The normalized spacial score (nSPS) is 10.5. The first-order chi connectivity index (χ1) is 11.1. The molecule has 1 aromatic carbocycles. The quantitative estimate of drug-likeness (QED) is 0.591. The van der Waals surface area contributed by atoms with E-state index in [1.165, 1.54) is 43.8 Å². The maximum atomic E-state index is 13.8. The van der Waals surface area contributed by atoms with Crippen LogP contribution < -0.4 is 10.5 Å². The predicted octanol–water partition coefficient (Wildman–Crippen LogP) is 2.93. The molecular formula is C16H12FN3O3. The van der Waals surface area contributed by atoms with E-state index in [2.05, 4.69) is 14.7 Å². The van der Waals surface area contributed by atoms with Gasteiger partial charge in [0.05, 0.1) is 18.2 Å². The van der Waals surface area contributed by atoms with Gasteiger partial charge in [-0.3, -0.25) is 4.98 Å². The molecule has 0 bridgehead atoms. The number of carbonyl (C=O) groups is 1. The Morgan fingerprint density at radius 1 is 1.17 bits per heavy atom. The summed E-state index contributed by atoms with van der Waals surface area (Å²) in [7, 11) is 1.28. The maximum Gasteiger partial charge on any atom is 0.339 e.